The number of esters is 1. The highest BCUT2D eigenvalue weighted by Crippen LogP contribution is 2.34. The van der Waals surface area contributed by atoms with E-state index in [0.29, 0.717) is 17.4 Å². The van der Waals surface area contributed by atoms with Gasteiger partial charge in [-0.2, -0.15) is 0 Å². The molecule has 2 fully saturated rings. The van der Waals surface area contributed by atoms with Crippen molar-refractivity contribution in [2.45, 2.75) is 37.9 Å². The van der Waals surface area contributed by atoms with Crippen molar-refractivity contribution < 1.29 is 28.8 Å². The maximum absolute atomic E-state index is 13.7. The van der Waals surface area contributed by atoms with Gasteiger partial charge < -0.3 is 28.6 Å². The van der Waals surface area contributed by atoms with Crippen molar-refractivity contribution in [3.05, 3.63) is 76.1 Å². The Morgan fingerprint density at radius 2 is 1.79 bits per heavy atom. The largest absolute Gasteiger partial charge is 0.483 e. The molecule has 0 spiro atoms. The molecule has 8 heteroatoms. The maximum Gasteiger partial charge on any atom is 0.347 e. The molecule has 2 aromatic carbocycles. The van der Waals surface area contributed by atoms with Gasteiger partial charge >= 0.3 is 5.97 Å². The summed E-state index contributed by atoms with van der Waals surface area (Å²) < 4.78 is 24.4. The van der Waals surface area contributed by atoms with Gasteiger partial charge in [-0.25, -0.2) is 4.79 Å². The van der Waals surface area contributed by atoms with Crippen molar-refractivity contribution >= 4 is 16.9 Å². The Hall–Kier alpha value is -3.20. The smallest absolute Gasteiger partial charge is 0.347 e. The molecule has 3 aromatic rings. The van der Waals surface area contributed by atoms with Crippen LogP contribution in [0, 0.1) is 0 Å². The summed E-state index contributed by atoms with van der Waals surface area (Å²) in [4.78, 5) is 26.6. The molecule has 4 atom stereocenters. The predicted octanol–water partition coefficient (Wildman–Crippen LogP) is 2.13. The highest BCUT2D eigenvalue weighted by molar-refractivity contribution is 6.00. The van der Waals surface area contributed by atoms with Crippen LogP contribution in [0.15, 0.2) is 59.4 Å². The number of rotatable bonds is 6. The molecule has 2 aliphatic heterocycles. The Labute approximate surface area is 190 Å². The number of aromatic nitrogens is 1. The zero-order chi connectivity index (χ0) is 22.9. The number of pyridine rings is 1. The number of aliphatic hydroxyl groups excluding tert-OH is 1. The molecule has 33 heavy (non-hydrogen) atoms. The first-order chi connectivity index (χ1) is 16.1. The maximum atomic E-state index is 13.7. The normalized spacial score (nSPS) is 24.1. The minimum Gasteiger partial charge on any atom is -0.483 e. The number of para-hydroxylation sites is 1. The van der Waals surface area contributed by atoms with Crippen molar-refractivity contribution in [3.8, 4) is 5.75 Å². The van der Waals surface area contributed by atoms with Crippen molar-refractivity contribution in [3.63, 3.8) is 0 Å². The van der Waals surface area contributed by atoms with Crippen LogP contribution in [0.1, 0.15) is 22.8 Å². The van der Waals surface area contributed by atoms with E-state index in [0.717, 1.165) is 5.56 Å². The summed E-state index contributed by atoms with van der Waals surface area (Å²) in [5.74, 6) is -0.592. The highest BCUT2D eigenvalue weighted by atomic mass is 16.6. The minimum atomic E-state index is -0.743. The van der Waals surface area contributed by atoms with Gasteiger partial charge in [0.1, 0.15) is 24.1 Å². The summed E-state index contributed by atoms with van der Waals surface area (Å²) in [7, 11) is 0. The Balaban J connectivity index is 1.65. The zero-order valence-electron chi connectivity index (χ0n) is 18.2. The number of nitrogens with zero attached hydrogens (tertiary/aromatic N) is 1. The lowest BCUT2D eigenvalue weighted by Gasteiger charge is -2.22. The molecule has 1 aromatic heterocycles. The van der Waals surface area contributed by atoms with Crippen molar-refractivity contribution in [1.82, 2.24) is 4.57 Å². The van der Waals surface area contributed by atoms with Gasteiger partial charge in [0.15, 0.2) is 11.7 Å². The van der Waals surface area contributed by atoms with Gasteiger partial charge in [0, 0.05) is 5.39 Å². The van der Waals surface area contributed by atoms with Gasteiger partial charge in [-0.3, -0.25) is 4.79 Å². The van der Waals surface area contributed by atoms with Crippen molar-refractivity contribution in [1.29, 1.82) is 0 Å². The van der Waals surface area contributed by atoms with Gasteiger partial charge in [-0.1, -0.05) is 42.5 Å². The van der Waals surface area contributed by atoms with E-state index < -0.39 is 35.9 Å². The molecule has 172 valence electrons. The molecule has 2 aliphatic rings. The SMILES string of the molecule is CCOC(=O)c1c(O[C@H]2CO[C@H]3[C@@H]2OC[C@@H]3O)c2ccccc2n(Cc2ccccc2)c1=O. The molecule has 2 saturated heterocycles. The number of ether oxygens (including phenoxy) is 4. The molecule has 1 N–H and O–H groups in total. The molecule has 0 radical (unpaired) electrons. The highest BCUT2D eigenvalue weighted by Gasteiger charge is 2.49. The topological polar surface area (TPSA) is 96.2 Å². The van der Waals surface area contributed by atoms with E-state index in [-0.39, 0.29) is 31.1 Å². The summed E-state index contributed by atoms with van der Waals surface area (Å²) in [6, 6.07) is 16.9. The van der Waals surface area contributed by atoms with Gasteiger partial charge in [0.25, 0.3) is 5.56 Å². The lowest BCUT2D eigenvalue weighted by atomic mass is 10.1. The van der Waals surface area contributed by atoms with E-state index in [1.807, 2.05) is 54.6 Å². The number of aliphatic hydroxyl groups is 1. The average Bonchev–Trinajstić information content (AvgIpc) is 3.40. The van der Waals surface area contributed by atoms with Crippen LogP contribution in [0.3, 0.4) is 0 Å². The second kappa shape index (κ2) is 8.97. The molecular weight excluding hydrogens is 426 g/mol. The third-order valence-corrected chi connectivity index (χ3v) is 6.04. The lowest BCUT2D eigenvalue weighted by Crippen LogP contribution is -2.36. The zero-order valence-corrected chi connectivity index (χ0v) is 18.2. The van der Waals surface area contributed by atoms with Crippen LogP contribution in [0.5, 0.6) is 5.75 Å². The first kappa shape index (κ1) is 21.6. The fourth-order valence-electron chi connectivity index (χ4n) is 4.50. The van der Waals surface area contributed by atoms with E-state index in [1.165, 1.54) is 0 Å². The average molecular weight is 451 g/mol. The molecule has 5 rings (SSSR count). The van der Waals surface area contributed by atoms with Crippen molar-refractivity contribution in [2.24, 2.45) is 0 Å². The summed E-state index contributed by atoms with van der Waals surface area (Å²) in [5.41, 5.74) is 0.910. The second-order valence-corrected chi connectivity index (χ2v) is 8.14. The summed E-state index contributed by atoms with van der Waals surface area (Å²) in [6.45, 7) is 2.43. The molecule has 3 heterocycles. The Bertz CT molecular complexity index is 1220. The summed E-state index contributed by atoms with van der Waals surface area (Å²) in [6.07, 6.45) is -2.29. The number of hydrogen-bond acceptors (Lipinski definition) is 7. The number of benzene rings is 2. The minimum absolute atomic E-state index is 0.121. The van der Waals surface area contributed by atoms with Crippen LogP contribution in [0.25, 0.3) is 10.9 Å². The molecule has 0 bridgehead atoms. The first-order valence-electron chi connectivity index (χ1n) is 11.0. The fourth-order valence-corrected chi connectivity index (χ4v) is 4.50. The first-order valence-corrected chi connectivity index (χ1v) is 11.0. The lowest BCUT2D eigenvalue weighted by molar-refractivity contribution is 0.00847. The monoisotopic (exact) mass is 451 g/mol. The predicted molar refractivity (Wildman–Crippen MR) is 120 cm³/mol. The molecular formula is C25H25NO7. The molecule has 0 saturated carbocycles. The number of carbonyl (C=O) groups is 1. The molecule has 0 aliphatic carbocycles. The number of carbonyl (C=O) groups excluding carboxylic acids is 1. The Morgan fingerprint density at radius 1 is 1.06 bits per heavy atom. The van der Waals surface area contributed by atoms with Gasteiger partial charge in [-0.15, -0.1) is 0 Å². The number of hydrogen-bond donors (Lipinski definition) is 1. The van der Waals surface area contributed by atoms with Crippen LogP contribution in [-0.2, 0) is 20.8 Å². The number of fused-ring (bicyclic) bond motifs is 2. The molecule has 0 amide bonds. The van der Waals surface area contributed by atoms with Gasteiger partial charge in [0.2, 0.25) is 0 Å². The second-order valence-electron chi connectivity index (χ2n) is 8.14. The van der Waals surface area contributed by atoms with Crippen LogP contribution in [0.2, 0.25) is 0 Å². The van der Waals surface area contributed by atoms with E-state index in [1.54, 1.807) is 11.5 Å². The van der Waals surface area contributed by atoms with Crippen molar-refractivity contribution in [2.75, 3.05) is 19.8 Å². The van der Waals surface area contributed by atoms with Crippen LogP contribution >= 0.6 is 0 Å². The third-order valence-electron chi connectivity index (χ3n) is 6.04. The Morgan fingerprint density at radius 3 is 2.58 bits per heavy atom. The van der Waals surface area contributed by atoms with Crippen LogP contribution in [-0.4, -0.2) is 59.9 Å². The van der Waals surface area contributed by atoms with Gasteiger partial charge in [0.05, 0.1) is 31.9 Å². The van der Waals surface area contributed by atoms with Crippen LogP contribution < -0.4 is 10.3 Å². The van der Waals surface area contributed by atoms with Gasteiger partial charge in [-0.05, 0) is 24.6 Å². The van der Waals surface area contributed by atoms with E-state index >= 15 is 0 Å². The standard InChI is InChI=1S/C25H25NO7/c1-2-30-25(29)20-21(33-19-14-32-22-18(27)13-31-23(19)22)16-10-6-7-11-17(16)26(24(20)28)12-15-8-4-3-5-9-15/h3-11,18-19,22-23,27H,2,12-14H2,1H3/t18-,19-,22+,23+/m0/s1. The Kier molecular flexibility index (Phi) is 5.88. The summed E-state index contributed by atoms with van der Waals surface area (Å²) in [5, 5.41) is 10.7. The van der Waals surface area contributed by atoms with E-state index in [4.69, 9.17) is 18.9 Å². The van der Waals surface area contributed by atoms with E-state index in [2.05, 4.69) is 0 Å². The molecule has 0 unspecified atom stereocenters. The third kappa shape index (κ3) is 3.90. The summed E-state index contributed by atoms with van der Waals surface area (Å²) >= 11 is 0. The molecule has 8 nitrogen and oxygen atoms in total. The fraction of sp³-hybridized carbons (Fsp3) is 0.360. The van der Waals surface area contributed by atoms with Crippen LogP contribution in [0.4, 0.5) is 0 Å². The quantitative estimate of drug-likeness (QED) is 0.574. The van der Waals surface area contributed by atoms with E-state index in [9.17, 15) is 14.7 Å².